The molecule has 10 heavy (non-hydrogen) atoms. The summed E-state index contributed by atoms with van der Waals surface area (Å²) in [7, 11) is 0. The minimum Gasteiger partial charge on any atom is -0.330 e. The van der Waals surface area contributed by atoms with Gasteiger partial charge in [-0.05, 0) is 32.9 Å². The second kappa shape index (κ2) is 5.29. The molecule has 0 radical (unpaired) electrons. The van der Waals surface area contributed by atoms with E-state index in [1.807, 2.05) is 6.92 Å². The molecule has 0 atom stereocenters. The molecule has 0 aromatic carbocycles. The molecule has 0 saturated heterocycles. The minimum absolute atomic E-state index is 0.353. The predicted octanol–water partition coefficient (Wildman–Crippen LogP) is 0.848. The van der Waals surface area contributed by atoms with E-state index in [1.165, 1.54) is 0 Å². The fourth-order valence-corrected chi connectivity index (χ4v) is 0.818. The molecule has 0 fully saturated rings. The maximum Gasteiger partial charge on any atom is 0.103 e. The third-order valence-corrected chi connectivity index (χ3v) is 1.41. The lowest BCUT2D eigenvalue weighted by Crippen LogP contribution is -2.31. The molecule has 2 nitrogen and oxygen atoms in total. The third kappa shape index (κ3) is 8.62. The van der Waals surface area contributed by atoms with Crippen LogP contribution in [0.25, 0.3) is 0 Å². The van der Waals surface area contributed by atoms with E-state index in [4.69, 9.17) is 5.73 Å². The van der Waals surface area contributed by atoms with Crippen molar-refractivity contribution >= 4 is 25.3 Å². The van der Waals surface area contributed by atoms with Crippen molar-refractivity contribution in [2.75, 3.05) is 13.1 Å². The van der Waals surface area contributed by atoms with Gasteiger partial charge < -0.3 is 5.73 Å². The molecule has 0 spiro atoms. The molecule has 62 valence electrons. The molecular weight excluding hydrogens is 164 g/mol. The number of hydrogen-bond acceptors (Lipinski definition) is 4. The number of nitrogens with one attached hydrogen (secondary N) is 1. The van der Waals surface area contributed by atoms with Crippen LogP contribution in [0.5, 0.6) is 0 Å². The van der Waals surface area contributed by atoms with Gasteiger partial charge in [-0.1, -0.05) is 0 Å². The van der Waals surface area contributed by atoms with E-state index in [0.29, 0.717) is 0 Å². The highest BCUT2D eigenvalue weighted by Crippen LogP contribution is 2.12. The molecule has 0 aliphatic heterocycles. The standard InChI is InChI=1S/C6H16N2S2/c1-6(9,10)8-5-3-2-4-7/h8-10H,2-5,7H2,1H3. The largest absolute Gasteiger partial charge is 0.330 e. The zero-order valence-corrected chi connectivity index (χ0v) is 8.09. The van der Waals surface area contributed by atoms with E-state index in [0.717, 1.165) is 25.9 Å². The molecule has 0 bridgehead atoms. The average Bonchev–Trinajstić information content (AvgIpc) is 1.78. The van der Waals surface area contributed by atoms with Crippen LogP contribution in [-0.4, -0.2) is 17.3 Å². The van der Waals surface area contributed by atoms with Crippen molar-refractivity contribution in [3.05, 3.63) is 0 Å². The van der Waals surface area contributed by atoms with Gasteiger partial charge in [0, 0.05) is 0 Å². The van der Waals surface area contributed by atoms with Crippen molar-refractivity contribution in [3.63, 3.8) is 0 Å². The summed E-state index contributed by atoms with van der Waals surface area (Å²) in [5.74, 6) is 0. The van der Waals surface area contributed by atoms with Crippen LogP contribution in [0.3, 0.4) is 0 Å². The Morgan fingerprint density at radius 3 is 2.40 bits per heavy atom. The average molecular weight is 180 g/mol. The molecule has 0 aliphatic rings. The Labute approximate surface area is 73.8 Å². The molecule has 0 aromatic rings. The number of nitrogens with two attached hydrogens (primary N) is 1. The summed E-state index contributed by atoms with van der Waals surface area (Å²) in [6, 6.07) is 0. The third-order valence-electron chi connectivity index (χ3n) is 1.09. The normalized spacial score (nSPS) is 12.0. The molecule has 0 heterocycles. The van der Waals surface area contributed by atoms with Crippen molar-refractivity contribution in [2.24, 2.45) is 5.73 Å². The second-order valence-corrected chi connectivity index (χ2v) is 4.59. The summed E-state index contributed by atoms with van der Waals surface area (Å²) in [6.45, 7) is 3.60. The van der Waals surface area contributed by atoms with Crippen LogP contribution >= 0.6 is 25.3 Å². The van der Waals surface area contributed by atoms with Crippen LogP contribution in [0, 0.1) is 0 Å². The monoisotopic (exact) mass is 180 g/mol. The van der Waals surface area contributed by atoms with Gasteiger partial charge in [0.15, 0.2) is 0 Å². The van der Waals surface area contributed by atoms with Crippen molar-refractivity contribution < 1.29 is 0 Å². The smallest absolute Gasteiger partial charge is 0.103 e. The zero-order chi connectivity index (χ0) is 8.04. The van der Waals surface area contributed by atoms with E-state index in [1.54, 1.807) is 0 Å². The zero-order valence-electron chi connectivity index (χ0n) is 6.30. The lowest BCUT2D eigenvalue weighted by molar-refractivity contribution is 0.605. The minimum atomic E-state index is -0.353. The van der Waals surface area contributed by atoms with Gasteiger partial charge in [-0.15, -0.1) is 25.3 Å². The van der Waals surface area contributed by atoms with E-state index >= 15 is 0 Å². The maximum atomic E-state index is 5.31. The van der Waals surface area contributed by atoms with Crippen LogP contribution < -0.4 is 11.1 Å². The first-order valence-electron chi connectivity index (χ1n) is 3.46. The first kappa shape index (κ1) is 10.6. The summed E-state index contributed by atoms with van der Waals surface area (Å²) in [6.07, 6.45) is 2.15. The van der Waals surface area contributed by atoms with E-state index < -0.39 is 0 Å². The van der Waals surface area contributed by atoms with Gasteiger partial charge in [-0.2, -0.15) is 0 Å². The quantitative estimate of drug-likeness (QED) is 0.288. The molecule has 0 saturated carbocycles. The van der Waals surface area contributed by atoms with E-state index in [2.05, 4.69) is 30.6 Å². The van der Waals surface area contributed by atoms with Gasteiger partial charge in [0.05, 0.1) is 0 Å². The Balaban J connectivity index is 3.04. The van der Waals surface area contributed by atoms with Crippen LogP contribution in [-0.2, 0) is 0 Å². The Kier molecular flexibility index (Phi) is 5.62. The fourth-order valence-electron chi connectivity index (χ4n) is 0.595. The molecule has 4 heteroatoms. The Bertz CT molecular complexity index is 80.3. The molecule has 0 amide bonds. The van der Waals surface area contributed by atoms with Crippen LogP contribution in [0.2, 0.25) is 0 Å². The van der Waals surface area contributed by atoms with Crippen molar-refractivity contribution in [3.8, 4) is 0 Å². The van der Waals surface area contributed by atoms with Gasteiger partial charge in [0.25, 0.3) is 0 Å². The highest BCUT2D eigenvalue weighted by molar-refractivity contribution is 8.00. The number of hydrogen-bond donors (Lipinski definition) is 4. The highest BCUT2D eigenvalue weighted by Gasteiger charge is 2.08. The number of unbranched alkanes of at least 4 members (excludes halogenated alkanes) is 1. The molecule has 0 aromatic heterocycles. The topological polar surface area (TPSA) is 38.0 Å². The number of rotatable bonds is 5. The van der Waals surface area contributed by atoms with Gasteiger partial charge in [-0.25, -0.2) is 0 Å². The van der Waals surface area contributed by atoms with Gasteiger partial charge >= 0.3 is 0 Å². The van der Waals surface area contributed by atoms with E-state index in [-0.39, 0.29) is 4.20 Å². The summed E-state index contributed by atoms with van der Waals surface area (Å²) in [4.78, 5) is 0. The van der Waals surface area contributed by atoms with E-state index in [9.17, 15) is 0 Å². The SMILES string of the molecule is CC(S)(S)NCCCCN. The lowest BCUT2D eigenvalue weighted by atomic mass is 10.3. The van der Waals surface area contributed by atoms with Gasteiger partial charge in [0.2, 0.25) is 0 Å². The highest BCUT2D eigenvalue weighted by atomic mass is 32.2. The van der Waals surface area contributed by atoms with Crippen LogP contribution in [0.15, 0.2) is 0 Å². The molecule has 0 rings (SSSR count). The number of thiol groups is 2. The van der Waals surface area contributed by atoms with Crippen LogP contribution in [0.4, 0.5) is 0 Å². The molecule has 3 N–H and O–H groups in total. The lowest BCUT2D eigenvalue weighted by Gasteiger charge is -2.17. The molecule has 0 aliphatic carbocycles. The van der Waals surface area contributed by atoms with Crippen molar-refractivity contribution in [1.29, 1.82) is 0 Å². The van der Waals surface area contributed by atoms with Crippen molar-refractivity contribution in [1.82, 2.24) is 5.32 Å². The van der Waals surface area contributed by atoms with Gasteiger partial charge in [-0.3, -0.25) is 5.32 Å². The Hall–Kier alpha value is 0.620. The Morgan fingerprint density at radius 2 is 2.00 bits per heavy atom. The molecular formula is C6H16N2S2. The summed E-state index contributed by atoms with van der Waals surface area (Å²) in [5, 5.41) is 3.13. The van der Waals surface area contributed by atoms with Crippen molar-refractivity contribution in [2.45, 2.75) is 24.0 Å². The first-order valence-corrected chi connectivity index (χ1v) is 4.35. The Morgan fingerprint density at radius 1 is 1.40 bits per heavy atom. The maximum absolute atomic E-state index is 5.31. The summed E-state index contributed by atoms with van der Waals surface area (Å²) >= 11 is 8.36. The molecule has 0 unspecified atom stereocenters. The fraction of sp³-hybridized carbons (Fsp3) is 1.00. The summed E-state index contributed by atoms with van der Waals surface area (Å²) < 4.78 is -0.353. The first-order chi connectivity index (χ1) is 4.56. The predicted molar refractivity (Wildman–Crippen MR) is 52.7 cm³/mol. The van der Waals surface area contributed by atoms with Gasteiger partial charge in [0.1, 0.15) is 4.20 Å². The summed E-state index contributed by atoms with van der Waals surface area (Å²) in [5.41, 5.74) is 5.31. The second-order valence-electron chi connectivity index (χ2n) is 2.44. The van der Waals surface area contributed by atoms with Crippen LogP contribution in [0.1, 0.15) is 19.8 Å².